The van der Waals surface area contributed by atoms with Gasteiger partial charge in [-0.2, -0.15) is 13.2 Å². The number of nitrogens with zero attached hydrogens (tertiary/aromatic N) is 9. The van der Waals surface area contributed by atoms with E-state index in [9.17, 15) is 27.6 Å². The predicted molar refractivity (Wildman–Crippen MR) is 151 cm³/mol. The summed E-state index contributed by atoms with van der Waals surface area (Å²) in [5.41, 5.74) is 1.39. The molecule has 16 heteroatoms. The number of halogens is 3. The van der Waals surface area contributed by atoms with Gasteiger partial charge in [-0.25, -0.2) is 24.7 Å². The number of imide groups is 1. The summed E-state index contributed by atoms with van der Waals surface area (Å²) in [4.78, 5) is 65.6. The molecule has 0 saturated carbocycles. The molecule has 3 aromatic heterocycles. The van der Waals surface area contributed by atoms with E-state index in [0.29, 0.717) is 23.4 Å². The molecule has 0 spiro atoms. The number of rotatable bonds is 7. The fraction of sp³-hybridized carbons (Fsp3) is 0.357. The Labute approximate surface area is 249 Å². The molecule has 2 saturated heterocycles. The van der Waals surface area contributed by atoms with Gasteiger partial charge in [0.15, 0.2) is 12.2 Å². The Morgan fingerprint density at radius 1 is 1.07 bits per heavy atom. The number of aromatic nitrogens is 4. The SMILES string of the molecule is CN1C(=O)N(Cc2ccccn2)C(=O)C2C1N=CN2CC(=O)Nc1cccc(-c2cnc(N3CCC[C@H]3C(F)(F)F)nc2)n1. The molecule has 0 aromatic carbocycles. The molecule has 6 heterocycles. The molecule has 1 N–H and O–H groups in total. The smallest absolute Gasteiger partial charge is 0.338 e. The van der Waals surface area contributed by atoms with Crippen LogP contribution in [0.5, 0.6) is 0 Å². The Hall–Kier alpha value is -5.15. The Balaban J connectivity index is 1.11. The summed E-state index contributed by atoms with van der Waals surface area (Å²) in [6, 6.07) is 7.06. The van der Waals surface area contributed by atoms with Crippen LogP contribution in [0.3, 0.4) is 0 Å². The first-order valence-electron chi connectivity index (χ1n) is 13.8. The van der Waals surface area contributed by atoms with E-state index in [0.717, 1.165) is 9.80 Å². The maximum Gasteiger partial charge on any atom is 0.408 e. The minimum absolute atomic E-state index is 0.00496. The van der Waals surface area contributed by atoms with Crippen molar-refractivity contribution in [2.75, 3.05) is 30.4 Å². The van der Waals surface area contributed by atoms with Crippen molar-refractivity contribution in [2.45, 2.75) is 43.8 Å². The fourth-order valence-electron chi connectivity index (χ4n) is 5.52. The van der Waals surface area contributed by atoms with E-state index < -0.39 is 42.3 Å². The lowest BCUT2D eigenvalue weighted by molar-refractivity contribution is -0.146. The highest BCUT2D eigenvalue weighted by Crippen LogP contribution is 2.34. The van der Waals surface area contributed by atoms with Gasteiger partial charge in [-0.1, -0.05) is 12.1 Å². The zero-order valence-electron chi connectivity index (χ0n) is 23.4. The molecule has 3 aliphatic heterocycles. The van der Waals surface area contributed by atoms with E-state index >= 15 is 0 Å². The summed E-state index contributed by atoms with van der Waals surface area (Å²) >= 11 is 0. The van der Waals surface area contributed by atoms with Gasteiger partial charge in [0.1, 0.15) is 11.9 Å². The van der Waals surface area contributed by atoms with Crippen LogP contribution in [-0.4, -0.2) is 103 Å². The van der Waals surface area contributed by atoms with Gasteiger partial charge in [0.2, 0.25) is 11.9 Å². The maximum absolute atomic E-state index is 13.4. The number of hydrogen-bond acceptors (Lipinski definition) is 10. The molecule has 0 bridgehead atoms. The summed E-state index contributed by atoms with van der Waals surface area (Å²) in [6.07, 6.45) is 0.989. The number of fused-ring (bicyclic) bond motifs is 1. The van der Waals surface area contributed by atoms with E-state index in [1.807, 2.05) is 0 Å². The van der Waals surface area contributed by atoms with Crippen LogP contribution in [-0.2, 0) is 16.1 Å². The number of anilines is 2. The molecule has 2 unspecified atom stereocenters. The van der Waals surface area contributed by atoms with E-state index in [4.69, 9.17) is 0 Å². The number of likely N-dealkylation sites (N-methyl/N-ethyl adjacent to an activating group) is 1. The second-order valence-corrected chi connectivity index (χ2v) is 10.6. The number of pyridine rings is 2. The monoisotopic (exact) mass is 608 g/mol. The quantitative estimate of drug-likeness (QED) is 0.429. The van der Waals surface area contributed by atoms with E-state index in [2.05, 4.69) is 30.2 Å². The lowest BCUT2D eigenvalue weighted by Crippen LogP contribution is -2.64. The molecule has 228 valence electrons. The Morgan fingerprint density at radius 3 is 2.59 bits per heavy atom. The van der Waals surface area contributed by atoms with Gasteiger partial charge in [-0.15, -0.1) is 0 Å². The summed E-state index contributed by atoms with van der Waals surface area (Å²) in [5, 5.41) is 2.70. The van der Waals surface area contributed by atoms with Gasteiger partial charge in [-0.3, -0.25) is 19.5 Å². The van der Waals surface area contributed by atoms with Crippen LogP contribution in [0.25, 0.3) is 11.3 Å². The maximum atomic E-state index is 13.4. The van der Waals surface area contributed by atoms with Gasteiger partial charge < -0.3 is 20.0 Å². The van der Waals surface area contributed by atoms with Crippen LogP contribution in [0.2, 0.25) is 0 Å². The van der Waals surface area contributed by atoms with Gasteiger partial charge >= 0.3 is 12.2 Å². The highest BCUT2D eigenvalue weighted by atomic mass is 19.4. The normalized spacial score (nSPS) is 21.7. The molecule has 0 radical (unpaired) electrons. The first-order valence-corrected chi connectivity index (χ1v) is 13.8. The van der Waals surface area contributed by atoms with Crippen molar-refractivity contribution in [2.24, 2.45) is 4.99 Å². The third kappa shape index (κ3) is 5.61. The topological polar surface area (TPSA) is 140 Å². The van der Waals surface area contributed by atoms with E-state index in [1.165, 1.54) is 28.5 Å². The molecule has 0 aliphatic carbocycles. The molecule has 3 aromatic rings. The predicted octanol–water partition coefficient (Wildman–Crippen LogP) is 2.54. The van der Waals surface area contributed by atoms with Crippen LogP contribution < -0.4 is 10.2 Å². The summed E-state index contributed by atoms with van der Waals surface area (Å²) in [5.74, 6) is -0.774. The third-order valence-corrected chi connectivity index (χ3v) is 7.67. The van der Waals surface area contributed by atoms with Crippen molar-refractivity contribution >= 4 is 36.0 Å². The Kier molecular flexibility index (Phi) is 7.57. The summed E-state index contributed by atoms with van der Waals surface area (Å²) in [6.45, 7) is -0.0443. The van der Waals surface area contributed by atoms with Crippen LogP contribution in [0.15, 0.2) is 60.0 Å². The molecule has 2 fully saturated rings. The van der Waals surface area contributed by atoms with Crippen molar-refractivity contribution in [1.29, 1.82) is 0 Å². The summed E-state index contributed by atoms with van der Waals surface area (Å²) in [7, 11) is 1.55. The number of aliphatic imine (C=N–C) groups is 1. The third-order valence-electron chi connectivity index (χ3n) is 7.67. The highest BCUT2D eigenvalue weighted by molar-refractivity contribution is 6.03. The first kappa shape index (κ1) is 28.9. The number of urea groups is 1. The highest BCUT2D eigenvalue weighted by Gasteiger charge is 2.50. The lowest BCUT2D eigenvalue weighted by atomic mass is 10.1. The fourth-order valence-corrected chi connectivity index (χ4v) is 5.52. The van der Waals surface area contributed by atoms with Crippen molar-refractivity contribution in [1.82, 2.24) is 34.6 Å². The molecule has 4 amide bonds. The largest absolute Gasteiger partial charge is 0.408 e. The number of alkyl halides is 3. The second-order valence-electron chi connectivity index (χ2n) is 10.6. The number of carbonyl (C=O) groups excluding carboxylic acids is 3. The van der Waals surface area contributed by atoms with Gasteiger partial charge in [0.25, 0.3) is 5.91 Å². The van der Waals surface area contributed by atoms with Crippen molar-refractivity contribution < 1.29 is 27.6 Å². The molecule has 6 rings (SSSR count). The van der Waals surface area contributed by atoms with Crippen LogP contribution in [0.1, 0.15) is 18.5 Å². The first-order chi connectivity index (χ1) is 21.1. The molecular weight excluding hydrogens is 581 g/mol. The van der Waals surface area contributed by atoms with Crippen LogP contribution in [0, 0.1) is 0 Å². The zero-order valence-corrected chi connectivity index (χ0v) is 23.4. The zero-order chi connectivity index (χ0) is 31.0. The number of amides is 4. The lowest BCUT2D eigenvalue weighted by Gasteiger charge is -2.40. The Morgan fingerprint density at radius 2 is 1.86 bits per heavy atom. The van der Waals surface area contributed by atoms with Crippen molar-refractivity contribution in [3.05, 3.63) is 60.7 Å². The summed E-state index contributed by atoms with van der Waals surface area (Å²) < 4.78 is 40.1. The average Bonchev–Trinajstić information content (AvgIpc) is 3.67. The minimum Gasteiger partial charge on any atom is -0.338 e. The molecule has 44 heavy (non-hydrogen) atoms. The van der Waals surface area contributed by atoms with Crippen LogP contribution in [0.4, 0.5) is 29.7 Å². The van der Waals surface area contributed by atoms with Crippen molar-refractivity contribution in [3.63, 3.8) is 0 Å². The number of nitrogens with one attached hydrogen (secondary N) is 1. The standard InChI is InChI=1S/C28H27F3N10O3/c1-38-24-23(25(43)41(27(38)44)14-18-6-2-3-10-32-18)39(16-35-24)15-22(42)37-21-9-4-7-19(36-21)17-12-33-26(34-13-17)40-11-5-8-20(40)28(29,30)31/h2-4,6-7,9-10,12-13,16,20,23-24H,5,8,11,14-15H2,1H3,(H,36,37,42)/t20-,23?,24?/m0/s1. The molecular formula is C28H27F3N10O3. The van der Waals surface area contributed by atoms with E-state index in [1.54, 1.807) is 49.6 Å². The van der Waals surface area contributed by atoms with Gasteiger partial charge in [-0.05, 0) is 37.1 Å². The van der Waals surface area contributed by atoms with Gasteiger partial charge in [0.05, 0.1) is 30.8 Å². The van der Waals surface area contributed by atoms with E-state index in [-0.39, 0.29) is 37.8 Å². The molecule has 3 aliphatic rings. The minimum atomic E-state index is -4.37. The molecule has 13 nitrogen and oxygen atoms in total. The van der Waals surface area contributed by atoms with Crippen LogP contribution >= 0.6 is 0 Å². The Bertz CT molecular complexity index is 1590. The van der Waals surface area contributed by atoms with Gasteiger partial charge in [0, 0.05) is 37.7 Å². The van der Waals surface area contributed by atoms with Crippen molar-refractivity contribution in [3.8, 4) is 11.3 Å². The number of carbonyl (C=O) groups is 3. The average molecular weight is 609 g/mol. The number of hydrogen-bond donors (Lipinski definition) is 1. The second kappa shape index (κ2) is 11.5. The molecule has 3 atom stereocenters.